The zero-order valence-electron chi connectivity index (χ0n) is 11.1. The highest BCUT2D eigenvalue weighted by atomic mass is 35.5. The predicted octanol–water partition coefficient (Wildman–Crippen LogP) is 3.66. The third-order valence-corrected chi connectivity index (χ3v) is 3.13. The molecule has 0 spiro atoms. The van der Waals surface area contributed by atoms with Crippen LogP contribution in [0.2, 0.25) is 5.15 Å². The Labute approximate surface area is 118 Å². The number of hydrogen-bond acceptors (Lipinski definition) is 2. The van der Waals surface area contributed by atoms with E-state index in [1.54, 1.807) is 6.07 Å². The van der Waals surface area contributed by atoms with Crippen LogP contribution >= 0.6 is 11.6 Å². The molecule has 2 aromatic rings. The average Bonchev–Trinajstić information content (AvgIpc) is 2.37. The molecule has 0 bridgehead atoms. The Balaban J connectivity index is 2.26. The second-order valence-corrected chi connectivity index (χ2v) is 5.34. The van der Waals surface area contributed by atoms with E-state index in [9.17, 15) is 4.79 Å². The number of carbonyl (C=O) groups excluding carboxylic acids is 1. The molecule has 1 N–H and O–H groups in total. The normalized spacial score (nSPS) is 10.9. The minimum absolute atomic E-state index is 0.0962. The Hall–Kier alpha value is -1.61. The van der Waals surface area contributed by atoms with Gasteiger partial charge < -0.3 is 5.32 Å². The van der Waals surface area contributed by atoms with Crippen molar-refractivity contribution < 1.29 is 4.79 Å². The number of para-hydroxylation sites is 1. The van der Waals surface area contributed by atoms with Crippen LogP contribution in [-0.4, -0.2) is 17.4 Å². The van der Waals surface area contributed by atoms with Gasteiger partial charge >= 0.3 is 0 Å². The van der Waals surface area contributed by atoms with Crippen LogP contribution in [0.4, 0.5) is 0 Å². The number of halogens is 1. The smallest absolute Gasteiger partial charge is 0.252 e. The number of nitrogens with one attached hydrogen (secondary N) is 1. The fraction of sp³-hybridized carbons (Fsp3) is 0.333. The number of amides is 1. The molecule has 1 amide bonds. The van der Waals surface area contributed by atoms with Crippen LogP contribution in [0.5, 0.6) is 0 Å². The van der Waals surface area contributed by atoms with E-state index in [2.05, 4.69) is 24.1 Å². The van der Waals surface area contributed by atoms with E-state index in [1.807, 2.05) is 24.3 Å². The number of benzene rings is 1. The van der Waals surface area contributed by atoms with Crippen molar-refractivity contribution in [1.82, 2.24) is 10.3 Å². The van der Waals surface area contributed by atoms with E-state index in [4.69, 9.17) is 11.6 Å². The van der Waals surface area contributed by atoms with E-state index < -0.39 is 0 Å². The minimum atomic E-state index is -0.0962. The van der Waals surface area contributed by atoms with E-state index in [0.29, 0.717) is 23.2 Å². The molecule has 0 aliphatic carbocycles. The molecule has 0 radical (unpaired) electrons. The Morgan fingerprint density at radius 2 is 2.11 bits per heavy atom. The van der Waals surface area contributed by atoms with Gasteiger partial charge in [0.25, 0.3) is 5.91 Å². The molecule has 0 aliphatic rings. The summed E-state index contributed by atoms with van der Waals surface area (Å²) in [5.74, 6) is 0.472. The van der Waals surface area contributed by atoms with Crippen LogP contribution in [0.3, 0.4) is 0 Å². The lowest BCUT2D eigenvalue weighted by Gasteiger charge is -2.09. The molecule has 0 saturated heterocycles. The van der Waals surface area contributed by atoms with Gasteiger partial charge in [0, 0.05) is 11.9 Å². The lowest BCUT2D eigenvalue weighted by molar-refractivity contribution is 0.0953. The second-order valence-electron chi connectivity index (χ2n) is 4.95. The van der Waals surface area contributed by atoms with Crippen molar-refractivity contribution in [2.75, 3.05) is 6.54 Å². The Morgan fingerprint density at radius 3 is 2.84 bits per heavy atom. The molecule has 1 heterocycles. The van der Waals surface area contributed by atoms with Gasteiger partial charge in [0.2, 0.25) is 0 Å². The van der Waals surface area contributed by atoms with Crippen molar-refractivity contribution in [2.24, 2.45) is 5.92 Å². The molecular weight excluding hydrogens is 260 g/mol. The first-order valence-corrected chi connectivity index (χ1v) is 6.79. The summed E-state index contributed by atoms with van der Waals surface area (Å²) < 4.78 is 0. The second kappa shape index (κ2) is 6.02. The molecule has 0 saturated carbocycles. The van der Waals surface area contributed by atoms with Crippen LogP contribution in [0.1, 0.15) is 30.6 Å². The topological polar surface area (TPSA) is 42.0 Å². The van der Waals surface area contributed by atoms with Crippen LogP contribution in [-0.2, 0) is 0 Å². The van der Waals surface area contributed by atoms with Crippen molar-refractivity contribution in [3.63, 3.8) is 0 Å². The fourth-order valence-corrected chi connectivity index (χ4v) is 2.10. The molecule has 4 heteroatoms. The number of fused-ring (bicyclic) bond motifs is 1. The summed E-state index contributed by atoms with van der Waals surface area (Å²) in [6.45, 7) is 4.93. The molecule has 0 aliphatic heterocycles. The molecular formula is C15H17ClN2O. The summed E-state index contributed by atoms with van der Waals surface area (Å²) in [6.07, 6.45) is 0.961. The molecule has 0 unspecified atom stereocenters. The third-order valence-electron chi connectivity index (χ3n) is 2.94. The van der Waals surface area contributed by atoms with Gasteiger partial charge in [-0.15, -0.1) is 0 Å². The molecule has 0 atom stereocenters. The molecule has 100 valence electrons. The van der Waals surface area contributed by atoms with Crippen LogP contribution < -0.4 is 5.32 Å². The molecule has 2 rings (SSSR count). The summed E-state index contributed by atoms with van der Waals surface area (Å²) in [7, 11) is 0. The van der Waals surface area contributed by atoms with Gasteiger partial charge in [0.1, 0.15) is 5.15 Å². The van der Waals surface area contributed by atoms with Gasteiger partial charge in [-0.1, -0.05) is 43.6 Å². The molecule has 19 heavy (non-hydrogen) atoms. The minimum Gasteiger partial charge on any atom is -0.352 e. The predicted molar refractivity (Wildman–Crippen MR) is 78.5 cm³/mol. The van der Waals surface area contributed by atoms with E-state index in [1.165, 1.54) is 0 Å². The number of rotatable bonds is 4. The lowest BCUT2D eigenvalue weighted by atomic mass is 10.1. The average molecular weight is 277 g/mol. The zero-order valence-corrected chi connectivity index (χ0v) is 11.9. The first kappa shape index (κ1) is 13.8. The first-order chi connectivity index (χ1) is 9.08. The number of pyridine rings is 1. The van der Waals surface area contributed by atoms with Gasteiger partial charge in [-0.25, -0.2) is 4.98 Å². The zero-order chi connectivity index (χ0) is 13.8. The maximum absolute atomic E-state index is 12.2. The number of nitrogens with zero attached hydrogens (tertiary/aromatic N) is 1. The fourth-order valence-electron chi connectivity index (χ4n) is 1.90. The van der Waals surface area contributed by atoms with Crippen LogP contribution in [0, 0.1) is 5.92 Å². The highest BCUT2D eigenvalue weighted by Gasteiger charge is 2.11. The van der Waals surface area contributed by atoms with Crippen LogP contribution in [0.15, 0.2) is 30.3 Å². The number of aromatic nitrogens is 1. The summed E-state index contributed by atoms with van der Waals surface area (Å²) in [5.41, 5.74) is 1.32. The van der Waals surface area contributed by atoms with Crippen molar-refractivity contribution in [2.45, 2.75) is 20.3 Å². The maximum Gasteiger partial charge on any atom is 0.252 e. The molecule has 3 nitrogen and oxygen atoms in total. The summed E-state index contributed by atoms with van der Waals surface area (Å²) >= 11 is 5.96. The van der Waals surface area contributed by atoms with Crippen molar-refractivity contribution in [3.05, 3.63) is 41.0 Å². The molecule has 0 fully saturated rings. The lowest BCUT2D eigenvalue weighted by Crippen LogP contribution is -2.25. The Morgan fingerprint density at radius 1 is 1.37 bits per heavy atom. The summed E-state index contributed by atoms with van der Waals surface area (Å²) in [4.78, 5) is 16.4. The Bertz CT molecular complexity index is 596. The van der Waals surface area contributed by atoms with E-state index in [-0.39, 0.29) is 5.91 Å². The standard InChI is InChI=1S/C15H17ClN2O/c1-10(2)7-8-17-15(19)12-9-14(16)18-13-6-4-3-5-11(12)13/h3-6,9-10H,7-8H2,1-2H3,(H,17,19). The largest absolute Gasteiger partial charge is 0.352 e. The van der Waals surface area contributed by atoms with Gasteiger partial charge in [0.15, 0.2) is 0 Å². The summed E-state index contributed by atoms with van der Waals surface area (Å²) in [5, 5.41) is 4.09. The molecule has 1 aromatic carbocycles. The van der Waals surface area contributed by atoms with Crippen molar-refractivity contribution in [3.8, 4) is 0 Å². The van der Waals surface area contributed by atoms with Gasteiger partial charge in [-0.05, 0) is 24.5 Å². The monoisotopic (exact) mass is 276 g/mol. The highest BCUT2D eigenvalue weighted by molar-refractivity contribution is 6.30. The quantitative estimate of drug-likeness (QED) is 0.866. The number of carbonyl (C=O) groups is 1. The molecule has 1 aromatic heterocycles. The highest BCUT2D eigenvalue weighted by Crippen LogP contribution is 2.20. The Kier molecular flexibility index (Phi) is 4.38. The van der Waals surface area contributed by atoms with Gasteiger partial charge in [0.05, 0.1) is 11.1 Å². The van der Waals surface area contributed by atoms with E-state index in [0.717, 1.165) is 17.3 Å². The third kappa shape index (κ3) is 3.44. The van der Waals surface area contributed by atoms with Gasteiger partial charge in [-0.2, -0.15) is 0 Å². The summed E-state index contributed by atoms with van der Waals surface area (Å²) in [6, 6.07) is 9.13. The van der Waals surface area contributed by atoms with E-state index >= 15 is 0 Å². The SMILES string of the molecule is CC(C)CCNC(=O)c1cc(Cl)nc2ccccc12. The maximum atomic E-state index is 12.2. The van der Waals surface area contributed by atoms with Crippen molar-refractivity contribution in [1.29, 1.82) is 0 Å². The van der Waals surface area contributed by atoms with Crippen LogP contribution in [0.25, 0.3) is 10.9 Å². The number of hydrogen-bond donors (Lipinski definition) is 1. The van der Waals surface area contributed by atoms with Crippen molar-refractivity contribution >= 4 is 28.4 Å². The first-order valence-electron chi connectivity index (χ1n) is 6.41. The van der Waals surface area contributed by atoms with Gasteiger partial charge in [-0.3, -0.25) is 4.79 Å².